The van der Waals surface area contributed by atoms with Crippen molar-refractivity contribution in [1.82, 2.24) is 20.1 Å². The number of aromatic amines is 1. The molecular weight excluding hydrogens is 204 g/mol. The molecule has 2 atom stereocenters. The molecule has 1 aromatic heterocycles. The van der Waals surface area contributed by atoms with Gasteiger partial charge >= 0.3 is 0 Å². The molecule has 0 spiro atoms. The number of anilines is 2. The molecule has 3 N–H and O–H groups in total. The number of aromatic nitrogens is 3. The van der Waals surface area contributed by atoms with Gasteiger partial charge in [-0.15, -0.1) is 5.10 Å². The summed E-state index contributed by atoms with van der Waals surface area (Å²) in [5.41, 5.74) is 5.57. The highest BCUT2D eigenvalue weighted by Gasteiger charge is 2.35. The molecule has 0 amide bonds. The van der Waals surface area contributed by atoms with Crippen molar-refractivity contribution in [3.8, 4) is 0 Å². The summed E-state index contributed by atoms with van der Waals surface area (Å²) in [6.07, 6.45) is 2.62. The van der Waals surface area contributed by atoms with Crippen molar-refractivity contribution in [1.29, 1.82) is 0 Å². The quantitative estimate of drug-likeness (QED) is 0.703. The molecule has 0 saturated carbocycles. The number of piperazine rings is 1. The third-order valence-electron chi connectivity index (χ3n) is 3.69. The second-order valence-electron chi connectivity index (χ2n) is 4.81. The third kappa shape index (κ3) is 1.53. The summed E-state index contributed by atoms with van der Waals surface area (Å²) in [6.45, 7) is 5.61. The Labute approximate surface area is 94.8 Å². The number of fused-ring (bicyclic) bond motifs is 1. The number of nitrogens with one attached hydrogen (secondary N) is 1. The molecule has 2 aliphatic rings. The molecular formula is C10H18N6. The van der Waals surface area contributed by atoms with Crippen LogP contribution in [0.4, 0.5) is 11.9 Å². The smallest absolute Gasteiger partial charge is 0.246 e. The molecule has 0 aromatic carbocycles. The lowest BCUT2D eigenvalue weighted by Gasteiger charge is -2.41. The van der Waals surface area contributed by atoms with E-state index in [0.29, 0.717) is 18.0 Å². The van der Waals surface area contributed by atoms with Crippen LogP contribution < -0.4 is 10.6 Å². The van der Waals surface area contributed by atoms with E-state index in [1.807, 2.05) is 0 Å². The number of hydrogen-bond donors (Lipinski definition) is 2. The maximum Gasteiger partial charge on any atom is 0.246 e. The highest BCUT2D eigenvalue weighted by atomic mass is 15.4. The van der Waals surface area contributed by atoms with E-state index < -0.39 is 0 Å². The van der Waals surface area contributed by atoms with Gasteiger partial charge in [-0.3, -0.25) is 4.90 Å². The largest absolute Gasteiger partial charge is 0.368 e. The minimum Gasteiger partial charge on any atom is -0.368 e. The number of H-pyrrole nitrogens is 1. The van der Waals surface area contributed by atoms with Gasteiger partial charge in [-0.25, -0.2) is 5.10 Å². The fraction of sp³-hybridized carbons (Fsp3) is 0.800. The number of nitrogens with zero attached hydrogens (tertiary/aromatic N) is 4. The summed E-state index contributed by atoms with van der Waals surface area (Å²) < 4.78 is 0. The van der Waals surface area contributed by atoms with Crippen molar-refractivity contribution >= 4 is 11.9 Å². The first-order valence-corrected chi connectivity index (χ1v) is 5.92. The topological polar surface area (TPSA) is 74.1 Å². The van der Waals surface area contributed by atoms with Crippen molar-refractivity contribution in [3.05, 3.63) is 0 Å². The molecule has 6 nitrogen and oxygen atoms in total. The van der Waals surface area contributed by atoms with Gasteiger partial charge in [0, 0.05) is 25.2 Å². The molecule has 16 heavy (non-hydrogen) atoms. The lowest BCUT2D eigenvalue weighted by Crippen LogP contribution is -2.55. The molecule has 3 rings (SSSR count). The van der Waals surface area contributed by atoms with Gasteiger partial charge in [0.05, 0.1) is 0 Å². The van der Waals surface area contributed by atoms with Crippen molar-refractivity contribution in [2.45, 2.75) is 31.8 Å². The molecule has 0 bridgehead atoms. The van der Waals surface area contributed by atoms with Crippen molar-refractivity contribution < 1.29 is 0 Å². The highest BCUT2D eigenvalue weighted by Crippen LogP contribution is 2.26. The average molecular weight is 222 g/mol. The number of rotatable bonds is 1. The fourth-order valence-corrected chi connectivity index (χ4v) is 2.86. The second-order valence-corrected chi connectivity index (χ2v) is 4.81. The van der Waals surface area contributed by atoms with Crippen molar-refractivity contribution in [2.24, 2.45) is 0 Å². The van der Waals surface area contributed by atoms with Gasteiger partial charge in [-0.1, -0.05) is 0 Å². The van der Waals surface area contributed by atoms with Crippen LogP contribution in [0, 0.1) is 0 Å². The van der Waals surface area contributed by atoms with Crippen LogP contribution in [0.2, 0.25) is 0 Å². The van der Waals surface area contributed by atoms with E-state index in [9.17, 15) is 0 Å². The molecule has 2 aliphatic heterocycles. The summed E-state index contributed by atoms with van der Waals surface area (Å²) in [7, 11) is 0. The maximum atomic E-state index is 5.57. The van der Waals surface area contributed by atoms with Crippen molar-refractivity contribution in [2.75, 3.05) is 30.3 Å². The zero-order valence-electron chi connectivity index (χ0n) is 9.56. The summed E-state index contributed by atoms with van der Waals surface area (Å²) in [5.74, 6) is 1.15. The minimum atomic E-state index is 0.399. The Bertz CT molecular complexity index is 375. The molecule has 2 unspecified atom stereocenters. The molecule has 1 aromatic rings. The first-order valence-electron chi connectivity index (χ1n) is 5.92. The van der Waals surface area contributed by atoms with Crippen LogP contribution in [0.25, 0.3) is 0 Å². The summed E-state index contributed by atoms with van der Waals surface area (Å²) >= 11 is 0. The summed E-state index contributed by atoms with van der Waals surface area (Å²) in [6, 6.07) is 1.14. The van der Waals surface area contributed by atoms with E-state index in [-0.39, 0.29) is 0 Å². The van der Waals surface area contributed by atoms with Crippen LogP contribution >= 0.6 is 0 Å². The normalized spacial score (nSPS) is 30.7. The van der Waals surface area contributed by atoms with Gasteiger partial charge in [0.1, 0.15) is 0 Å². The molecule has 6 heteroatoms. The summed E-state index contributed by atoms with van der Waals surface area (Å²) in [5, 5.41) is 6.86. The Kier molecular flexibility index (Phi) is 2.24. The van der Waals surface area contributed by atoms with E-state index in [1.54, 1.807) is 0 Å². The van der Waals surface area contributed by atoms with E-state index in [4.69, 9.17) is 5.73 Å². The number of hydrogen-bond acceptors (Lipinski definition) is 5. The SMILES string of the molecule is CC1CN2CCCC2CN1c1n[nH]c(N)n1. The van der Waals surface area contributed by atoms with Gasteiger partial charge in [0.2, 0.25) is 11.9 Å². The standard InChI is InChI=1S/C10H18N6/c1-7-5-15-4-2-3-8(15)6-16(7)10-12-9(11)13-14-10/h7-8H,2-6H2,1H3,(H3,11,12,13,14). The average Bonchev–Trinajstić information content (AvgIpc) is 2.84. The lowest BCUT2D eigenvalue weighted by molar-refractivity contribution is 0.201. The molecule has 0 aliphatic carbocycles. The van der Waals surface area contributed by atoms with E-state index in [2.05, 4.69) is 31.9 Å². The molecule has 2 fully saturated rings. The summed E-state index contributed by atoms with van der Waals surface area (Å²) in [4.78, 5) is 9.06. The Balaban J connectivity index is 1.80. The predicted molar refractivity (Wildman–Crippen MR) is 62.2 cm³/mol. The highest BCUT2D eigenvalue weighted by molar-refractivity contribution is 5.36. The predicted octanol–water partition coefficient (Wildman–Crippen LogP) is 0.0598. The van der Waals surface area contributed by atoms with E-state index >= 15 is 0 Å². The van der Waals surface area contributed by atoms with E-state index in [0.717, 1.165) is 19.0 Å². The molecule has 2 saturated heterocycles. The van der Waals surface area contributed by atoms with Crippen LogP contribution in [0.3, 0.4) is 0 Å². The Morgan fingerprint density at radius 2 is 2.31 bits per heavy atom. The van der Waals surface area contributed by atoms with Crippen molar-refractivity contribution in [3.63, 3.8) is 0 Å². The third-order valence-corrected chi connectivity index (χ3v) is 3.69. The zero-order chi connectivity index (χ0) is 11.1. The molecule has 88 valence electrons. The second kappa shape index (κ2) is 3.62. The van der Waals surface area contributed by atoms with Crippen LogP contribution in [-0.4, -0.2) is 51.8 Å². The minimum absolute atomic E-state index is 0.399. The van der Waals surface area contributed by atoms with Crippen LogP contribution in [0.1, 0.15) is 19.8 Å². The van der Waals surface area contributed by atoms with Gasteiger partial charge in [0.15, 0.2) is 0 Å². The van der Waals surface area contributed by atoms with Gasteiger partial charge in [-0.05, 0) is 26.3 Å². The number of nitrogen functional groups attached to an aromatic ring is 1. The van der Waals surface area contributed by atoms with E-state index in [1.165, 1.54) is 19.4 Å². The lowest BCUT2D eigenvalue weighted by atomic mass is 10.1. The fourth-order valence-electron chi connectivity index (χ4n) is 2.86. The first kappa shape index (κ1) is 9.89. The van der Waals surface area contributed by atoms with Crippen LogP contribution in [-0.2, 0) is 0 Å². The Morgan fingerprint density at radius 1 is 1.44 bits per heavy atom. The monoisotopic (exact) mass is 222 g/mol. The first-order chi connectivity index (χ1) is 7.74. The van der Waals surface area contributed by atoms with Gasteiger partial charge in [-0.2, -0.15) is 4.98 Å². The van der Waals surface area contributed by atoms with Crippen LogP contribution in [0.15, 0.2) is 0 Å². The number of nitrogens with two attached hydrogens (primary N) is 1. The molecule has 0 radical (unpaired) electrons. The Morgan fingerprint density at radius 3 is 3.06 bits per heavy atom. The van der Waals surface area contributed by atoms with Crippen LogP contribution in [0.5, 0.6) is 0 Å². The Hall–Kier alpha value is -1.30. The maximum absolute atomic E-state index is 5.57. The zero-order valence-corrected chi connectivity index (χ0v) is 9.56. The van der Waals surface area contributed by atoms with Gasteiger partial charge in [0.25, 0.3) is 0 Å². The molecule has 3 heterocycles. The van der Waals surface area contributed by atoms with Gasteiger partial charge < -0.3 is 10.6 Å².